The van der Waals surface area contributed by atoms with Gasteiger partial charge in [0, 0.05) is 20.1 Å². The van der Waals surface area contributed by atoms with E-state index in [-0.39, 0.29) is 6.61 Å². The fraction of sp³-hybridized carbons (Fsp3) is 0.786. The Morgan fingerprint density at radius 2 is 2.32 bits per heavy atom. The van der Waals surface area contributed by atoms with Crippen LogP contribution in [0.2, 0.25) is 0 Å². The minimum atomic E-state index is 0.118. The van der Waals surface area contributed by atoms with Gasteiger partial charge in [-0.2, -0.15) is 0 Å². The lowest BCUT2D eigenvalue weighted by molar-refractivity contribution is 0.284. The maximum absolute atomic E-state index is 9.40. The fourth-order valence-electron chi connectivity index (χ4n) is 2.73. The third-order valence-electron chi connectivity index (χ3n) is 3.74. The molecule has 1 saturated heterocycles. The van der Waals surface area contributed by atoms with Crippen LogP contribution in [-0.4, -0.2) is 48.7 Å². The summed E-state index contributed by atoms with van der Waals surface area (Å²) in [7, 11) is 4.31. The summed E-state index contributed by atoms with van der Waals surface area (Å²) in [6.07, 6.45) is 3.32. The van der Waals surface area contributed by atoms with Crippen LogP contribution in [0.4, 0.5) is 5.13 Å². The molecule has 1 aliphatic rings. The smallest absolute Gasteiger partial charge is 0.185 e. The number of aliphatic hydroxyl groups excluding tert-OH is 1. The van der Waals surface area contributed by atoms with E-state index in [0.29, 0.717) is 0 Å². The molecule has 0 aromatic carbocycles. The number of aromatic nitrogens is 1. The third-order valence-corrected chi connectivity index (χ3v) is 4.94. The lowest BCUT2D eigenvalue weighted by atomic mass is 10.1. The molecule has 1 aromatic heterocycles. The zero-order valence-corrected chi connectivity index (χ0v) is 13.0. The first-order valence-electron chi connectivity index (χ1n) is 7.13. The summed E-state index contributed by atoms with van der Waals surface area (Å²) < 4.78 is 0. The van der Waals surface area contributed by atoms with Crippen LogP contribution in [-0.2, 0) is 13.0 Å². The van der Waals surface area contributed by atoms with Crippen LogP contribution in [0.15, 0.2) is 0 Å². The van der Waals surface area contributed by atoms with Crippen molar-refractivity contribution in [2.75, 3.05) is 38.6 Å². The molecule has 0 spiro atoms. The molecular formula is C14H25N3OS. The minimum absolute atomic E-state index is 0.118. The highest BCUT2D eigenvalue weighted by atomic mass is 32.1. The molecule has 0 bridgehead atoms. The second-order valence-electron chi connectivity index (χ2n) is 5.57. The number of thiazole rings is 1. The zero-order chi connectivity index (χ0) is 13.8. The van der Waals surface area contributed by atoms with Gasteiger partial charge in [-0.15, -0.1) is 0 Å². The summed E-state index contributed by atoms with van der Waals surface area (Å²) in [4.78, 5) is 10.4. The molecule has 1 aromatic rings. The summed E-state index contributed by atoms with van der Waals surface area (Å²) in [5.74, 6) is 0.742. The van der Waals surface area contributed by atoms with Crippen molar-refractivity contribution in [2.24, 2.45) is 5.92 Å². The summed E-state index contributed by atoms with van der Waals surface area (Å²) in [5.41, 5.74) is 1.08. The van der Waals surface area contributed by atoms with Gasteiger partial charge < -0.3 is 14.9 Å². The number of hydrogen-bond acceptors (Lipinski definition) is 5. The molecule has 0 radical (unpaired) electrons. The monoisotopic (exact) mass is 283 g/mol. The number of hydrogen-bond donors (Lipinski definition) is 1. The van der Waals surface area contributed by atoms with Crippen LogP contribution in [0.1, 0.15) is 30.3 Å². The quantitative estimate of drug-likeness (QED) is 0.866. The molecule has 108 valence electrons. The summed E-state index contributed by atoms with van der Waals surface area (Å²) in [6, 6.07) is 0. The summed E-state index contributed by atoms with van der Waals surface area (Å²) in [6.45, 7) is 5.73. The van der Waals surface area contributed by atoms with Gasteiger partial charge in [0.2, 0.25) is 0 Å². The first kappa shape index (κ1) is 14.8. The van der Waals surface area contributed by atoms with Crippen molar-refractivity contribution < 1.29 is 5.11 Å². The van der Waals surface area contributed by atoms with E-state index in [0.717, 1.165) is 41.0 Å². The topological polar surface area (TPSA) is 39.6 Å². The zero-order valence-electron chi connectivity index (χ0n) is 12.2. The Labute approximate surface area is 120 Å². The molecule has 1 N–H and O–H groups in total. The molecule has 0 amide bonds. The number of aryl methyl sites for hydroxylation is 1. The van der Waals surface area contributed by atoms with Gasteiger partial charge in [0.05, 0.1) is 17.2 Å². The van der Waals surface area contributed by atoms with Crippen LogP contribution in [0.25, 0.3) is 0 Å². The van der Waals surface area contributed by atoms with Crippen molar-refractivity contribution in [3.05, 3.63) is 10.6 Å². The normalized spacial score (nSPS) is 20.1. The number of rotatable bonds is 6. The molecule has 2 heterocycles. The third kappa shape index (κ3) is 3.68. The van der Waals surface area contributed by atoms with Crippen LogP contribution >= 0.6 is 11.3 Å². The molecule has 5 heteroatoms. The van der Waals surface area contributed by atoms with Crippen LogP contribution in [0, 0.1) is 5.92 Å². The SMILES string of the molecule is CCCc1nc(N(C)CC2CCN(C)C2)sc1CO. The van der Waals surface area contributed by atoms with Gasteiger partial charge in [0.1, 0.15) is 0 Å². The Morgan fingerprint density at radius 1 is 1.53 bits per heavy atom. The average molecular weight is 283 g/mol. The van der Waals surface area contributed by atoms with E-state index in [2.05, 4.69) is 30.8 Å². The molecule has 4 nitrogen and oxygen atoms in total. The van der Waals surface area contributed by atoms with Gasteiger partial charge in [-0.05, 0) is 32.4 Å². The second kappa shape index (κ2) is 6.68. The van der Waals surface area contributed by atoms with Gasteiger partial charge in [0.15, 0.2) is 5.13 Å². The van der Waals surface area contributed by atoms with Crippen LogP contribution < -0.4 is 4.90 Å². The van der Waals surface area contributed by atoms with Crippen molar-refractivity contribution in [1.82, 2.24) is 9.88 Å². The van der Waals surface area contributed by atoms with Crippen molar-refractivity contribution in [2.45, 2.75) is 32.8 Å². The standard InChI is InChI=1S/C14H25N3OS/c1-4-5-12-13(10-18)19-14(15-12)17(3)9-11-6-7-16(2)8-11/h11,18H,4-10H2,1-3H3. The number of nitrogens with zero attached hydrogens (tertiary/aromatic N) is 3. The van der Waals surface area contributed by atoms with E-state index < -0.39 is 0 Å². The molecular weight excluding hydrogens is 258 g/mol. The number of aliphatic hydroxyl groups is 1. The van der Waals surface area contributed by atoms with Gasteiger partial charge in [-0.3, -0.25) is 0 Å². The predicted molar refractivity (Wildman–Crippen MR) is 80.9 cm³/mol. The van der Waals surface area contributed by atoms with E-state index in [1.807, 2.05) is 0 Å². The van der Waals surface area contributed by atoms with Crippen molar-refractivity contribution in [1.29, 1.82) is 0 Å². The van der Waals surface area contributed by atoms with E-state index in [9.17, 15) is 5.11 Å². The predicted octanol–water partition coefficient (Wildman–Crippen LogP) is 1.98. The minimum Gasteiger partial charge on any atom is -0.391 e. The summed E-state index contributed by atoms with van der Waals surface area (Å²) >= 11 is 1.64. The average Bonchev–Trinajstić information content (AvgIpc) is 2.96. The number of likely N-dealkylation sites (tertiary alicyclic amines) is 1. The molecule has 0 saturated carbocycles. The molecule has 1 fully saturated rings. The van der Waals surface area contributed by atoms with Gasteiger partial charge in [0.25, 0.3) is 0 Å². The van der Waals surface area contributed by atoms with Crippen molar-refractivity contribution >= 4 is 16.5 Å². The largest absolute Gasteiger partial charge is 0.391 e. The highest BCUT2D eigenvalue weighted by molar-refractivity contribution is 7.15. The Kier molecular flexibility index (Phi) is 5.19. The van der Waals surface area contributed by atoms with Crippen molar-refractivity contribution in [3.63, 3.8) is 0 Å². The number of anilines is 1. The summed E-state index contributed by atoms with van der Waals surface area (Å²) in [5, 5.41) is 10.5. The fourth-order valence-corrected chi connectivity index (χ4v) is 3.67. The highest BCUT2D eigenvalue weighted by Crippen LogP contribution is 2.28. The van der Waals surface area contributed by atoms with Crippen LogP contribution in [0.5, 0.6) is 0 Å². The van der Waals surface area contributed by atoms with E-state index >= 15 is 0 Å². The first-order chi connectivity index (χ1) is 9.13. The van der Waals surface area contributed by atoms with Gasteiger partial charge in [-0.1, -0.05) is 24.7 Å². The maximum atomic E-state index is 9.40. The Morgan fingerprint density at radius 3 is 2.89 bits per heavy atom. The maximum Gasteiger partial charge on any atom is 0.185 e. The molecule has 1 aliphatic heterocycles. The van der Waals surface area contributed by atoms with Gasteiger partial charge >= 0.3 is 0 Å². The van der Waals surface area contributed by atoms with E-state index in [1.165, 1.54) is 19.5 Å². The molecule has 1 unspecified atom stereocenters. The van der Waals surface area contributed by atoms with E-state index in [4.69, 9.17) is 4.98 Å². The molecule has 2 rings (SSSR count). The Balaban J connectivity index is 2.00. The lowest BCUT2D eigenvalue weighted by Crippen LogP contribution is -2.27. The first-order valence-corrected chi connectivity index (χ1v) is 7.94. The Hall–Kier alpha value is -0.650. The molecule has 0 aliphatic carbocycles. The molecule has 19 heavy (non-hydrogen) atoms. The van der Waals surface area contributed by atoms with Gasteiger partial charge in [-0.25, -0.2) is 4.98 Å². The van der Waals surface area contributed by atoms with Crippen LogP contribution in [0.3, 0.4) is 0 Å². The molecule has 1 atom stereocenters. The van der Waals surface area contributed by atoms with Crippen molar-refractivity contribution in [3.8, 4) is 0 Å². The second-order valence-corrected chi connectivity index (χ2v) is 6.63. The lowest BCUT2D eigenvalue weighted by Gasteiger charge is -2.20. The van der Waals surface area contributed by atoms with E-state index in [1.54, 1.807) is 11.3 Å². The highest BCUT2D eigenvalue weighted by Gasteiger charge is 2.22. The Bertz CT molecular complexity index is 407.